The molecule has 5 nitrogen and oxygen atoms in total. The van der Waals surface area contributed by atoms with Gasteiger partial charge in [-0.3, -0.25) is 14.5 Å². The van der Waals surface area contributed by atoms with Gasteiger partial charge < -0.3 is 10.2 Å². The lowest BCUT2D eigenvalue weighted by molar-refractivity contribution is -0.145. The number of rotatable bonds is 6. The van der Waals surface area contributed by atoms with E-state index >= 15 is 0 Å². The predicted octanol–water partition coefficient (Wildman–Crippen LogP) is 3.07. The molecule has 1 aromatic rings. The third-order valence-electron chi connectivity index (χ3n) is 6.67. The summed E-state index contributed by atoms with van der Waals surface area (Å²) in [7, 11) is 0. The van der Waals surface area contributed by atoms with Gasteiger partial charge in [-0.15, -0.1) is 0 Å². The van der Waals surface area contributed by atoms with Gasteiger partial charge in [-0.1, -0.05) is 61.7 Å². The maximum atomic E-state index is 13.1. The summed E-state index contributed by atoms with van der Waals surface area (Å²) in [4.78, 5) is 30.2. The first-order valence-electron chi connectivity index (χ1n) is 11.2. The van der Waals surface area contributed by atoms with Crippen molar-refractivity contribution < 1.29 is 9.59 Å². The zero-order chi connectivity index (χ0) is 20.1. The van der Waals surface area contributed by atoms with Gasteiger partial charge in [-0.25, -0.2) is 0 Å². The Morgan fingerprint density at radius 3 is 2.34 bits per heavy atom. The Balaban J connectivity index is 1.24. The molecule has 4 rings (SSSR count). The number of hydrogen-bond acceptors (Lipinski definition) is 3. The first kappa shape index (κ1) is 20.1. The zero-order valence-electron chi connectivity index (χ0n) is 17.3. The number of benzene rings is 1. The van der Waals surface area contributed by atoms with Crippen molar-refractivity contribution in [2.24, 2.45) is 5.41 Å². The lowest BCUT2D eigenvalue weighted by Crippen LogP contribution is -2.54. The molecule has 0 radical (unpaired) electrons. The Labute approximate surface area is 174 Å². The fourth-order valence-electron chi connectivity index (χ4n) is 4.57. The smallest absolute Gasteiger partial charge is 0.238 e. The highest BCUT2D eigenvalue weighted by molar-refractivity contribution is 6.08. The average Bonchev–Trinajstić information content (AvgIpc) is 3.57. The molecule has 2 amide bonds. The van der Waals surface area contributed by atoms with Gasteiger partial charge in [0.2, 0.25) is 11.8 Å². The predicted molar refractivity (Wildman–Crippen MR) is 115 cm³/mol. The summed E-state index contributed by atoms with van der Waals surface area (Å²) in [5, 5.41) is 3.19. The fourth-order valence-corrected chi connectivity index (χ4v) is 4.57. The normalized spacial score (nSPS) is 22.6. The topological polar surface area (TPSA) is 52.7 Å². The molecular formula is C24H33N3O2. The standard InChI is InChI=1S/C24H33N3O2/c28-22(25-21-11-5-2-6-12-21)24(13-14-24)23(29)27-18-16-26(17-19-27)15-7-10-20-8-3-1-4-9-20/h1,3-4,7-10,21H,2,5-6,11-19H2,(H,25,28)/b10-7+. The molecule has 5 heteroatoms. The summed E-state index contributed by atoms with van der Waals surface area (Å²) >= 11 is 0. The molecule has 2 aliphatic carbocycles. The van der Waals surface area contributed by atoms with Crippen molar-refractivity contribution in [1.82, 2.24) is 15.1 Å². The highest BCUT2D eigenvalue weighted by atomic mass is 16.2. The molecule has 0 spiro atoms. The van der Waals surface area contributed by atoms with E-state index in [1.807, 2.05) is 23.1 Å². The van der Waals surface area contributed by atoms with Crippen molar-refractivity contribution in [1.29, 1.82) is 0 Å². The molecule has 0 aromatic heterocycles. The van der Waals surface area contributed by atoms with E-state index in [1.165, 1.54) is 24.8 Å². The van der Waals surface area contributed by atoms with Gasteiger partial charge in [-0.05, 0) is 31.2 Å². The number of nitrogens with one attached hydrogen (secondary N) is 1. The minimum Gasteiger partial charge on any atom is -0.352 e. The van der Waals surface area contributed by atoms with Gasteiger partial charge in [0.05, 0.1) is 0 Å². The molecule has 0 unspecified atom stereocenters. The Morgan fingerprint density at radius 1 is 1.00 bits per heavy atom. The molecule has 2 saturated carbocycles. The maximum Gasteiger partial charge on any atom is 0.238 e. The van der Waals surface area contributed by atoms with Crippen LogP contribution in [0, 0.1) is 5.41 Å². The van der Waals surface area contributed by atoms with Crippen LogP contribution >= 0.6 is 0 Å². The molecule has 3 aliphatic rings. The molecule has 0 bridgehead atoms. The summed E-state index contributed by atoms with van der Waals surface area (Å²) in [5.41, 5.74) is 0.452. The monoisotopic (exact) mass is 395 g/mol. The quantitative estimate of drug-likeness (QED) is 0.753. The van der Waals surface area contributed by atoms with E-state index in [2.05, 4.69) is 34.5 Å². The molecule has 1 heterocycles. The van der Waals surface area contributed by atoms with E-state index in [-0.39, 0.29) is 17.9 Å². The van der Waals surface area contributed by atoms with Crippen LogP contribution < -0.4 is 5.32 Å². The van der Waals surface area contributed by atoms with Crippen LogP contribution in [0.3, 0.4) is 0 Å². The molecule has 0 atom stereocenters. The van der Waals surface area contributed by atoms with Crippen LogP contribution in [-0.2, 0) is 9.59 Å². The molecule has 29 heavy (non-hydrogen) atoms. The van der Waals surface area contributed by atoms with Crippen LogP contribution in [0.5, 0.6) is 0 Å². The van der Waals surface area contributed by atoms with E-state index in [1.54, 1.807) is 0 Å². The van der Waals surface area contributed by atoms with E-state index in [0.29, 0.717) is 12.8 Å². The summed E-state index contributed by atoms with van der Waals surface area (Å²) < 4.78 is 0. The minimum absolute atomic E-state index is 0.0115. The average molecular weight is 396 g/mol. The molecular weight excluding hydrogens is 362 g/mol. The van der Waals surface area contributed by atoms with Gasteiger partial charge >= 0.3 is 0 Å². The fraction of sp³-hybridized carbons (Fsp3) is 0.583. The van der Waals surface area contributed by atoms with Gasteiger partial charge in [0.25, 0.3) is 0 Å². The summed E-state index contributed by atoms with van der Waals surface area (Å²) in [6, 6.07) is 10.6. The van der Waals surface area contributed by atoms with Crippen molar-refractivity contribution in [3.05, 3.63) is 42.0 Å². The van der Waals surface area contributed by atoms with E-state index in [9.17, 15) is 9.59 Å². The summed E-state index contributed by atoms with van der Waals surface area (Å²) in [6.45, 7) is 4.06. The number of carbonyl (C=O) groups is 2. The van der Waals surface area contributed by atoms with Crippen LogP contribution in [0.15, 0.2) is 36.4 Å². The van der Waals surface area contributed by atoms with Crippen molar-refractivity contribution >= 4 is 17.9 Å². The van der Waals surface area contributed by atoms with E-state index in [0.717, 1.165) is 45.6 Å². The molecule has 1 N–H and O–H groups in total. The van der Waals surface area contributed by atoms with Crippen molar-refractivity contribution in [2.75, 3.05) is 32.7 Å². The van der Waals surface area contributed by atoms with Crippen LogP contribution in [-0.4, -0.2) is 60.4 Å². The zero-order valence-corrected chi connectivity index (χ0v) is 17.3. The summed E-state index contributed by atoms with van der Waals surface area (Å²) in [5.74, 6) is 0.0490. The van der Waals surface area contributed by atoms with Crippen molar-refractivity contribution in [3.8, 4) is 0 Å². The van der Waals surface area contributed by atoms with Crippen LogP contribution in [0.2, 0.25) is 0 Å². The molecule has 1 aliphatic heterocycles. The highest BCUT2D eigenvalue weighted by Crippen LogP contribution is 2.48. The lowest BCUT2D eigenvalue weighted by Gasteiger charge is -2.36. The van der Waals surface area contributed by atoms with Gasteiger partial charge in [0.1, 0.15) is 5.41 Å². The highest BCUT2D eigenvalue weighted by Gasteiger charge is 2.58. The van der Waals surface area contributed by atoms with Gasteiger partial charge in [0, 0.05) is 38.8 Å². The lowest BCUT2D eigenvalue weighted by atomic mass is 9.94. The van der Waals surface area contributed by atoms with Crippen molar-refractivity contribution in [3.63, 3.8) is 0 Å². The molecule has 1 aromatic carbocycles. The van der Waals surface area contributed by atoms with Crippen LogP contribution in [0.1, 0.15) is 50.5 Å². The first-order valence-corrected chi connectivity index (χ1v) is 11.2. The second kappa shape index (κ2) is 9.12. The first-order chi connectivity index (χ1) is 14.2. The largest absolute Gasteiger partial charge is 0.352 e. The maximum absolute atomic E-state index is 13.1. The molecule has 3 fully saturated rings. The van der Waals surface area contributed by atoms with Crippen LogP contribution in [0.4, 0.5) is 0 Å². The number of carbonyl (C=O) groups excluding carboxylic acids is 2. The third-order valence-corrected chi connectivity index (χ3v) is 6.67. The second-order valence-corrected chi connectivity index (χ2v) is 8.80. The van der Waals surface area contributed by atoms with E-state index < -0.39 is 5.41 Å². The summed E-state index contributed by atoms with van der Waals surface area (Å²) in [6.07, 6.45) is 11.5. The number of hydrogen-bond donors (Lipinski definition) is 1. The number of nitrogens with zero attached hydrogens (tertiary/aromatic N) is 2. The van der Waals surface area contributed by atoms with Crippen molar-refractivity contribution in [2.45, 2.75) is 51.0 Å². The Hall–Kier alpha value is -2.14. The number of amides is 2. The van der Waals surface area contributed by atoms with Gasteiger partial charge in [-0.2, -0.15) is 0 Å². The number of piperazine rings is 1. The Bertz CT molecular complexity index is 728. The van der Waals surface area contributed by atoms with Crippen LogP contribution in [0.25, 0.3) is 6.08 Å². The second-order valence-electron chi connectivity index (χ2n) is 8.80. The van der Waals surface area contributed by atoms with Gasteiger partial charge in [0.15, 0.2) is 0 Å². The Morgan fingerprint density at radius 2 is 1.69 bits per heavy atom. The minimum atomic E-state index is -0.757. The Kier molecular flexibility index (Phi) is 6.34. The molecule has 1 saturated heterocycles. The third kappa shape index (κ3) is 4.89. The van der Waals surface area contributed by atoms with E-state index in [4.69, 9.17) is 0 Å². The molecule has 156 valence electrons. The SMILES string of the molecule is O=C(NC1CCCCC1)C1(C(=O)N2CCN(C/C=C/c3ccccc3)CC2)CC1.